The number of nitrogen functional groups attached to an aromatic ring is 1. The standard InChI is InChI=1S/C13H10ClN5O2/c1-20-12-17-11(15)18-13(19-12)21-9-5-4-8(14)7-3-2-6-16-10(7)9/h2-6H,1H3,(H2,15,17,18,19). The maximum absolute atomic E-state index is 6.13. The molecule has 0 atom stereocenters. The van der Waals surface area contributed by atoms with Gasteiger partial charge in [-0.1, -0.05) is 11.6 Å². The monoisotopic (exact) mass is 303 g/mol. The van der Waals surface area contributed by atoms with Crippen molar-refractivity contribution >= 4 is 28.5 Å². The van der Waals surface area contributed by atoms with E-state index in [-0.39, 0.29) is 18.0 Å². The van der Waals surface area contributed by atoms with E-state index < -0.39 is 0 Å². The SMILES string of the molecule is COc1nc(N)nc(Oc2ccc(Cl)c3cccnc23)n1. The second kappa shape index (κ2) is 5.37. The number of nitrogens with zero attached hydrogens (tertiary/aromatic N) is 4. The van der Waals surface area contributed by atoms with Gasteiger partial charge in [-0.25, -0.2) is 0 Å². The lowest BCUT2D eigenvalue weighted by Gasteiger charge is -2.08. The maximum Gasteiger partial charge on any atom is 0.330 e. The molecule has 0 unspecified atom stereocenters. The van der Waals surface area contributed by atoms with Gasteiger partial charge in [-0.05, 0) is 24.3 Å². The van der Waals surface area contributed by atoms with Crippen LogP contribution in [-0.4, -0.2) is 27.0 Å². The fraction of sp³-hybridized carbons (Fsp3) is 0.0769. The van der Waals surface area contributed by atoms with Crippen LogP contribution < -0.4 is 15.2 Å². The molecule has 0 saturated heterocycles. The Hall–Kier alpha value is -2.67. The zero-order valence-corrected chi connectivity index (χ0v) is 11.7. The maximum atomic E-state index is 6.13. The minimum atomic E-state index is 0.00285. The van der Waals surface area contributed by atoms with E-state index in [4.69, 9.17) is 26.8 Å². The van der Waals surface area contributed by atoms with Crippen LogP contribution in [-0.2, 0) is 0 Å². The molecule has 0 spiro atoms. The number of ether oxygens (including phenoxy) is 2. The van der Waals surface area contributed by atoms with Gasteiger partial charge >= 0.3 is 12.0 Å². The average molecular weight is 304 g/mol. The molecule has 2 aromatic heterocycles. The van der Waals surface area contributed by atoms with Crippen LogP contribution >= 0.6 is 11.6 Å². The summed E-state index contributed by atoms with van der Waals surface area (Å²) in [5.74, 6) is 0.464. The van der Waals surface area contributed by atoms with Crippen LogP contribution in [0.4, 0.5) is 5.95 Å². The first-order valence-corrected chi connectivity index (χ1v) is 6.32. The number of aromatic nitrogens is 4. The highest BCUT2D eigenvalue weighted by molar-refractivity contribution is 6.35. The van der Waals surface area contributed by atoms with Crippen LogP contribution in [0.1, 0.15) is 0 Å². The van der Waals surface area contributed by atoms with Gasteiger partial charge in [0.2, 0.25) is 5.95 Å². The molecule has 0 aliphatic rings. The number of hydrogen-bond acceptors (Lipinski definition) is 7. The zero-order chi connectivity index (χ0) is 14.8. The molecule has 0 aliphatic heterocycles. The number of rotatable bonds is 3. The number of hydrogen-bond donors (Lipinski definition) is 1. The summed E-state index contributed by atoms with van der Waals surface area (Å²) in [4.78, 5) is 15.9. The first kappa shape index (κ1) is 13.3. The molecule has 3 aromatic rings. The van der Waals surface area contributed by atoms with Crippen LogP contribution in [0.15, 0.2) is 30.5 Å². The summed E-state index contributed by atoms with van der Waals surface area (Å²) >= 11 is 6.13. The normalized spacial score (nSPS) is 10.6. The fourth-order valence-electron chi connectivity index (χ4n) is 1.78. The largest absolute Gasteiger partial charge is 0.467 e. The Bertz CT molecular complexity index is 812. The third kappa shape index (κ3) is 2.63. The van der Waals surface area contributed by atoms with Gasteiger partial charge in [0.15, 0.2) is 5.75 Å². The summed E-state index contributed by atoms with van der Waals surface area (Å²) in [6, 6.07) is 7.13. The van der Waals surface area contributed by atoms with Crippen molar-refractivity contribution in [2.75, 3.05) is 12.8 Å². The number of pyridine rings is 1. The number of benzene rings is 1. The van der Waals surface area contributed by atoms with Crippen molar-refractivity contribution in [2.45, 2.75) is 0 Å². The van der Waals surface area contributed by atoms with Gasteiger partial charge in [0, 0.05) is 11.6 Å². The minimum Gasteiger partial charge on any atom is -0.467 e. The Balaban J connectivity index is 2.06. The molecule has 0 radical (unpaired) electrons. The number of methoxy groups -OCH3 is 1. The fourth-order valence-corrected chi connectivity index (χ4v) is 2.00. The quantitative estimate of drug-likeness (QED) is 0.793. The Morgan fingerprint density at radius 3 is 2.71 bits per heavy atom. The summed E-state index contributed by atoms with van der Waals surface area (Å²) in [6.07, 6.45) is 1.65. The molecule has 0 aliphatic carbocycles. The summed E-state index contributed by atoms with van der Waals surface area (Å²) in [5.41, 5.74) is 6.17. The molecule has 21 heavy (non-hydrogen) atoms. The van der Waals surface area contributed by atoms with E-state index in [1.54, 1.807) is 24.4 Å². The second-order valence-electron chi connectivity index (χ2n) is 4.01. The van der Waals surface area contributed by atoms with Crippen molar-refractivity contribution < 1.29 is 9.47 Å². The summed E-state index contributed by atoms with van der Waals surface area (Å²) in [6.45, 7) is 0. The van der Waals surface area contributed by atoms with Crippen LogP contribution in [0.3, 0.4) is 0 Å². The van der Waals surface area contributed by atoms with Crippen LogP contribution in [0, 0.1) is 0 Å². The molecule has 0 bridgehead atoms. The van der Waals surface area contributed by atoms with E-state index in [0.717, 1.165) is 5.39 Å². The van der Waals surface area contributed by atoms with E-state index in [0.29, 0.717) is 16.3 Å². The third-order valence-electron chi connectivity index (χ3n) is 2.67. The van der Waals surface area contributed by atoms with Crippen molar-refractivity contribution in [3.8, 4) is 17.8 Å². The molecular formula is C13H10ClN5O2. The Morgan fingerprint density at radius 2 is 1.90 bits per heavy atom. The lowest BCUT2D eigenvalue weighted by Crippen LogP contribution is -2.03. The van der Waals surface area contributed by atoms with Crippen molar-refractivity contribution in [1.29, 1.82) is 0 Å². The number of halogens is 1. The predicted molar refractivity (Wildman–Crippen MR) is 77.6 cm³/mol. The number of nitrogens with two attached hydrogens (primary N) is 1. The van der Waals surface area contributed by atoms with Crippen molar-refractivity contribution in [2.24, 2.45) is 0 Å². The molecule has 8 heteroatoms. The molecule has 7 nitrogen and oxygen atoms in total. The van der Waals surface area contributed by atoms with Crippen LogP contribution in [0.2, 0.25) is 5.02 Å². The number of anilines is 1. The lowest BCUT2D eigenvalue weighted by molar-refractivity contribution is 0.361. The number of fused-ring (bicyclic) bond motifs is 1. The van der Waals surface area contributed by atoms with Gasteiger partial charge < -0.3 is 15.2 Å². The molecule has 2 heterocycles. The van der Waals surface area contributed by atoms with Gasteiger partial charge in [-0.15, -0.1) is 4.98 Å². The van der Waals surface area contributed by atoms with Crippen LogP contribution in [0.5, 0.6) is 17.8 Å². The van der Waals surface area contributed by atoms with Crippen molar-refractivity contribution in [3.05, 3.63) is 35.5 Å². The topological polar surface area (TPSA) is 96.0 Å². The molecule has 3 rings (SSSR count). The smallest absolute Gasteiger partial charge is 0.330 e. The third-order valence-corrected chi connectivity index (χ3v) is 3.00. The summed E-state index contributed by atoms with van der Waals surface area (Å²) in [7, 11) is 1.43. The van der Waals surface area contributed by atoms with E-state index >= 15 is 0 Å². The molecule has 2 N–H and O–H groups in total. The minimum absolute atomic E-state index is 0.00285. The van der Waals surface area contributed by atoms with Gasteiger partial charge in [-0.2, -0.15) is 9.97 Å². The predicted octanol–water partition coefficient (Wildman–Crippen LogP) is 2.46. The molecule has 106 valence electrons. The highest BCUT2D eigenvalue weighted by Gasteiger charge is 2.11. The van der Waals surface area contributed by atoms with Crippen molar-refractivity contribution in [1.82, 2.24) is 19.9 Å². The van der Waals surface area contributed by atoms with E-state index in [1.165, 1.54) is 7.11 Å². The van der Waals surface area contributed by atoms with E-state index in [2.05, 4.69) is 19.9 Å². The highest BCUT2D eigenvalue weighted by atomic mass is 35.5. The zero-order valence-electron chi connectivity index (χ0n) is 10.9. The molecule has 0 fully saturated rings. The highest BCUT2D eigenvalue weighted by Crippen LogP contribution is 2.31. The van der Waals surface area contributed by atoms with Crippen LogP contribution in [0.25, 0.3) is 10.9 Å². The Morgan fingerprint density at radius 1 is 1.10 bits per heavy atom. The first-order valence-electron chi connectivity index (χ1n) is 5.94. The average Bonchev–Trinajstić information content (AvgIpc) is 2.50. The van der Waals surface area contributed by atoms with E-state index in [1.807, 2.05) is 6.07 Å². The Kier molecular flexibility index (Phi) is 3.41. The molecule has 0 saturated carbocycles. The van der Waals surface area contributed by atoms with Gasteiger partial charge in [-0.3, -0.25) is 4.98 Å². The van der Waals surface area contributed by atoms with Gasteiger partial charge in [0.05, 0.1) is 12.1 Å². The molecule has 1 aromatic carbocycles. The second-order valence-corrected chi connectivity index (χ2v) is 4.42. The van der Waals surface area contributed by atoms with Gasteiger partial charge in [0.1, 0.15) is 5.52 Å². The van der Waals surface area contributed by atoms with Crippen molar-refractivity contribution in [3.63, 3.8) is 0 Å². The van der Waals surface area contributed by atoms with E-state index in [9.17, 15) is 0 Å². The molecule has 0 amide bonds. The summed E-state index contributed by atoms with van der Waals surface area (Å²) < 4.78 is 10.5. The van der Waals surface area contributed by atoms with Gasteiger partial charge in [0.25, 0.3) is 0 Å². The Labute approximate surface area is 124 Å². The lowest BCUT2D eigenvalue weighted by atomic mass is 10.2. The molecular weight excluding hydrogens is 294 g/mol. The summed E-state index contributed by atoms with van der Waals surface area (Å²) in [5, 5.41) is 1.35. The first-order chi connectivity index (χ1) is 10.2.